The highest BCUT2D eigenvalue weighted by atomic mass is 19.1. The quantitative estimate of drug-likeness (QED) is 0.834. The van der Waals surface area contributed by atoms with E-state index in [-0.39, 0.29) is 17.1 Å². The number of aromatic nitrogens is 1. The summed E-state index contributed by atoms with van der Waals surface area (Å²) in [4.78, 5) is 15.4. The fraction of sp³-hybridized carbons (Fsp3) is 0. The standard InChI is InChI=1S/C12H9FN2O2/c13-8-4-1-2-5-9(8)15-12(17)11-10(16)6-3-7-14-11/h1-7,16H,(H,15,17). The molecule has 1 amide bonds. The van der Waals surface area contributed by atoms with Crippen molar-refractivity contribution >= 4 is 11.6 Å². The molecule has 1 aromatic carbocycles. The smallest absolute Gasteiger partial charge is 0.278 e. The van der Waals surface area contributed by atoms with Crippen LogP contribution < -0.4 is 5.32 Å². The minimum Gasteiger partial charge on any atom is -0.505 e. The zero-order chi connectivity index (χ0) is 12.3. The predicted molar refractivity (Wildman–Crippen MR) is 60.3 cm³/mol. The van der Waals surface area contributed by atoms with Gasteiger partial charge in [-0.2, -0.15) is 0 Å². The van der Waals surface area contributed by atoms with Gasteiger partial charge in [0.2, 0.25) is 0 Å². The molecule has 0 aliphatic heterocycles. The van der Waals surface area contributed by atoms with Crippen molar-refractivity contribution in [3.63, 3.8) is 0 Å². The van der Waals surface area contributed by atoms with E-state index >= 15 is 0 Å². The van der Waals surface area contributed by atoms with Crippen LogP contribution in [0.1, 0.15) is 10.5 Å². The molecule has 4 nitrogen and oxygen atoms in total. The summed E-state index contributed by atoms with van der Waals surface area (Å²) in [5.41, 5.74) is -0.0988. The Balaban J connectivity index is 2.24. The number of carbonyl (C=O) groups is 1. The molecule has 2 N–H and O–H groups in total. The first-order chi connectivity index (χ1) is 8.18. The van der Waals surface area contributed by atoms with Crippen LogP contribution in [0.25, 0.3) is 0 Å². The second kappa shape index (κ2) is 4.61. The summed E-state index contributed by atoms with van der Waals surface area (Å²) in [5.74, 6) is -1.45. The highest BCUT2D eigenvalue weighted by Crippen LogP contribution is 2.17. The number of aromatic hydroxyl groups is 1. The van der Waals surface area contributed by atoms with E-state index < -0.39 is 11.7 Å². The molecule has 0 aliphatic carbocycles. The first kappa shape index (κ1) is 11.1. The second-order valence-electron chi connectivity index (χ2n) is 3.31. The number of pyridine rings is 1. The molecule has 0 unspecified atom stereocenters. The van der Waals surface area contributed by atoms with E-state index in [2.05, 4.69) is 10.3 Å². The van der Waals surface area contributed by atoms with Crippen molar-refractivity contribution in [3.05, 3.63) is 54.1 Å². The fourth-order valence-corrected chi connectivity index (χ4v) is 1.32. The summed E-state index contributed by atoms with van der Waals surface area (Å²) in [7, 11) is 0. The van der Waals surface area contributed by atoms with Crippen molar-refractivity contribution in [3.8, 4) is 5.75 Å². The van der Waals surface area contributed by atoms with Gasteiger partial charge in [-0.05, 0) is 24.3 Å². The molecule has 17 heavy (non-hydrogen) atoms. The molecule has 0 bridgehead atoms. The maximum atomic E-state index is 13.3. The third-order valence-electron chi connectivity index (χ3n) is 2.12. The van der Waals surface area contributed by atoms with Crippen LogP contribution in [0.15, 0.2) is 42.6 Å². The Bertz CT molecular complexity index is 558. The van der Waals surface area contributed by atoms with Crippen LogP contribution in [-0.2, 0) is 0 Å². The topological polar surface area (TPSA) is 62.2 Å². The van der Waals surface area contributed by atoms with E-state index in [0.29, 0.717) is 0 Å². The van der Waals surface area contributed by atoms with Crippen LogP contribution >= 0.6 is 0 Å². The molecular weight excluding hydrogens is 223 g/mol. The molecule has 86 valence electrons. The van der Waals surface area contributed by atoms with Gasteiger partial charge in [-0.1, -0.05) is 12.1 Å². The number of benzene rings is 1. The number of anilines is 1. The van der Waals surface area contributed by atoms with Gasteiger partial charge in [-0.25, -0.2) is 9.37 Å². The van der Waals surface area contributed by atoms with Crippen LogP contribution in [0.4, 0.5) is 10.1 Å². The monoisotopic (exact) mass is 232 g/mol. The molecule has 2 aromatic rings. The Hall–Kier alpha value is -2.43. The van der Waals surface area contributed by atoms with Gasteiger partial charge in [0.25, 0.3) is 5.91 Å². The third-order valence-corrected chi connectivity index (χ3v) is 2.12. The van der Waals surface area contributed by atoms with Gasteiger partial charge in [-0.15, -0.1) is 0 Å². The van der Waals surface area contributed by atoms with Crippen molar-refractivity contribution in [2.75, 3.05) is 5.32 Å². The van der Waals surface area contributed by atoms with Crippen molar-refractivity contribution in [2.45, 2.75) is 0 Å². The average molecular weight is 232 g/mol. The van der Waals surface area contributed by atoms with Gasteiger partial charge in [0.15, 0.2) is 5.69 Å². The van der Waals surface area contributed by atoms with Crippen molar-refractivity contribution in [1.82, 2.24) is 4.98 Å². The van der Waals surface area contributed by atoms with Crippen LogP contribution in [0.3, 0.4) is 0 Å². The molecule has 0 saturated heterocycles. The number of rotatable bonds is 2. The van der Waals surface area contributed by atoms with Crippen molar-refractivity contribution in [1.29, 1.82) is 0 Å². The first-order valence-electron chi connectivity index (χ1n) is 4.88. The molecule has 1 heterocycles. The van der Waals surface area contributed by atoms with Gasteiger partial charge in [-0.3, -0.25) is 4.79 Å². The summed E-state index contributed by atoms with van der Waals surface area (Å²) in [6, 6.07) is 8.60. The average Bonchev–Trinajstić information content (AvgIpc) is 2.32. The van der Waals surface area contributed by atoms with Crippen molar-refractivity contribution in [2.24, 2.45) is 0 Å². The Morgan fingerprint density at radius 3 is 2.71 bits per heavy atom. The molecular formula is C12H9FN2O2. The highest BCUT2D eigenvalue weighted by Gasteiger charge is 2.13. The van der Waals surface area contributed by atoms with E-state index in [1.54, 1.807) is 6.07 Å². The van der Waals surface area contributed by atoms with E-state index in [9.17, 15) is 14.3 Å². The van der Waals surface area contributed by atoms with E-state index in [0.717, 1.165) is 0 Å². The zero-order valence-electron chi connectivity index (χ0n) is 8.72. The van der Waals surface area contributed by atoms with Gasteiger partial charge in [0, 0.05) is 6.20 Å². The van der Waals surface area contributed by atoms with Gasteiger partial charge in [0.05, 0.1) is 5.69 Å². The van der Waals surface area contributed by atoms with Crippen molar-refractivity contribution < 1.29 is 14.3 Å². The van der Waals surface area contributed by atoms with Gasteiger partial charge in [0.1, 0.15) is 11.6 Å². The van der Waals surface area contributed by atoms with Crippen LogP contribution in [0.2, 0.25) is 0 Å². The molecule has 0 fully saturated rings. The summed E-state index contributed by atoms with van der Waals surface area (Å²) in [6.07, 6.45) is 1.37. The lowest BCUT2D eigenvalue weighted by Crippen LogP contribution is -2.14. The Morgan fingerprint density at radius 1 is 1.24 bits per heavy atom. The summed E-state index contributed by atoms with van der Waals surface area (Å²) in [5, 5.41) is 11.7. The number of hydrogen-bond donors (Lipinski definition) is 2. The molecule has 5 heteroatoms. The zero-order valence-corrected chi connectivity index (χ0v) is 8.72. The van der Waals surface area contributed by atoms with Crippen LogP contribution in [0.5, 0.6) is 5.75 Å². The summed E-state index contributed by atoms with van der Waals surface area (Å²) >= 11 is 0. The Morgan fingerprint density at radius 2 is 2.00 bits per heavy atom. The second-order valence-corrected chi connectivity index (χ2v) is 3.31. The molecule has 0 radical (unpaired) electrons. The van der Waals surface area contributed by atoms with Crippen LogP contribution in [0, 0.1) is 5.82 Å². The summed E-state index contributed by atoms with van der Waals surface area (Å²) in [6.45, 7) is 0. The maximum absolute atomic E-state index is 13.3. The number of hydrogen-bond acceptors (Lipinski definition) is 3. The maximum Gasteiger partial charge on any atom is 0.278 e. The number of nitrogens with one attached hydrogen (secondary N) is 1. The van der Waals surface area contributed by atoms with Crippen LogP contribution in [-0.4, -0.2) is 16.0 Å². The molecule has 1 aromatic heterocycles. The lowest BCUT2D eigenvalue weighted by atomic mass is 10.2. The number of para-hydroxylation sites is 1. The van der Waals surface area contributed by atoms with E-state index in [1.807, 2.05) is 0 Å². The van der Waals surface area contributed by atoms with Gasteiger partial charge >= 0.3 is 0 Å². The molecule has 0 atom stereocenters. The lowest BCUT2D eigenvalue weighted by molar-refractivity contribution is 0.101. The number of amides is 1. The molecule has 0 aliphatic rings. The summed E-state index contributed by atoms with van der Waals surface area (Å²) < 4.78 is 13.3. The van der Waals surface area contributed by atoms with E-state index in [4.69, 9.17) is 0 Å². The highest BCUT2D eigenvalue weighted by molar-refractivity contribution is 6.04. The Kier molecular flexibility index (Phi) is 3.00. The Labute approximate surface area is 96.7 Å². The first-order valence-corrected chi connectivity index (χ1v) is 4.88. The van der Waals surface area contributed by atoms with Gasteiger partial charge < -0.3 is 10.4 Å². The molecule has 2 rings (SSSR count). The van der Waals surface area contributed by atoms with E-state index in [1.165, 1.54) is 36.5 Å². The number of carbonyl (C=O) groups excluding carboxylic acids is 1. The normalized spacial score (nSPS) is 9.94. The number of halogens is 1. The minimum absolute atomic E-state index is 0.0440. The minimum atomic E-state index is -0.659. The number of nitrogens with zero attached hydrogens (tertiary/aromatic N) is 1. The predicted octanol–water partition coefficient (Wildman–Crippen LogP) is 2.18. The fourth-order valence-electron chi connectivity index (χ4n) is 1.32. The largest absolute Gasteiger partial charge is 0.505 e. The molecule has 0 saturated carbocycles. The third kappa shape index (κ3) is 2.39. The SMILES string of the molecule is O=C(Nc1ccccc1F)c1ncccc1O. The molecule has 0 spiro atoms. The lowest BCUT2D eigenvalue weighted by Gasteiger charge is -2.06.